The molecule has 2 aromatic heterocycles. The fourth-order valence-electron chi connectivity index (χ4n) is 2.58. The van der Waals surface area contributed by atoms with Gasteiger partial charge in [-0.25, -0.2) is 14.4 Å². The normalized spacial score (nSPS) is 13.5. The van der Waals surface area contributed by atoms with E-state index in [1.165, 1.54) is 12.4 Å². The lowest BCUT2D eigenvalue weighted by Crippen LogP contribution is -2.26. The molecule has 0 amide bonds. The Morgan fingerprint density at radius 3 is 2.70 bits per heavy atom. The van der Waals surface area contributed by atoms with E-state index >= 15 is 0 Å². The average Bonchev–Trinajstić information content (AvgIpc) is 3.19. The van der Waals surface area contributed by atoms with Crippen molar-refractivity contribution in [3.8, 4) is 17.0 Å². The van der Waals surface area contributed by atoms with Gasteiger partial charge < -0.3 is 19.8 Å². The first-order chi connectivity index (χ1) is 15.4. The second kappa shape index (κ2) is 11.3. The molecule has 1 unspecified atom stereocenters. The van der Waals surface area contributed by atoms with Crippen molar-refractivity contribution in [1.82, 2.24) is 14.5 Å². The van der Waals surface area contributed by atoms with Crippen molar-refractivity contribution in [3.05, 3.63) is 60.0 Å². The van der Waals surface area contributed by atoms with Gasteiger partial charge in [0.15, 0.2) is 11.6 Å². The molecule has 0 saturated carbocycles. The number of nitrogens with two attached hydrogens (primary N) is 1. The number of rotatable bonds is 9. The summed E-state index contributed by atoms with van der Waals surface area (Å²) in [5.41, 5.74) is 7.02. The maximum absolute atomic E-state index is 13.2. The second-order valence-electron chi connectivity index (χ2n) is 8.17. The number of nitrogens with zero attached hydrogens (tertiary/aromatic N) is 3. The first-order valence-corrected chi connectivity index (χ1v) is 10.9. The summed E-state index contributed by atoms with van der Waals surface area (Å²) in [7, 11) is 0. The summed E-state index contributed by atoms with van der Waals surface area (Å²) in [6, 6.07) is 1.68. The van der Waals surface area contributed by atoms with Gasteiger partial charge in [-0.2, -0.15) is 0 Å². The molecule has 7 nitrogen and oxygen atoms in total. The Balaban J connectivity index is 2.14. The van der Waals surface area contributed by atoms with E-state index in [-0.39, 0.29) is 29.2 Å². The van der Waals surface area contributed by atoms with E-state index in [9.17, 15) is 9.18 Å². The van der Waals surface area contributed by atoms with Gasteiger partial charge in [0.25, 0.3) is 0 Å². The molecule has 33 heavy (non-hydrogen) atoms. The van der Waals surface area contributed by atoms with Crippen molar-refractivity contribution >= 4 is 35.0 Å². The van der Waals surface area contributed by atoms with Gasteiger partial charge >= 0.3 is 5.97 Å². The number of hydrogen-bond acceptors (Lipinski definition) is 6. The van der Waals surface area contributed by atoms with Crippen LogP contribution in [0.4, 0.5) is 10.2 Å². The Labute approximate surface area is 202 Å². The highest BCUT2D eigenvalue weighted by molar-refractivity contribution is 6.32. The molecular weight excluding hydrogens is 470 g/mol. The maximum Gasteiger partial charge on any atom is 0.326 e. The quantitative estimate of drug-likeness (QED) is 0.283. The van der Waals surface area contributed by atoms with Crippen molar-refractivity contribution in [2.45, 2.75) is 45.9 Å². The van der Waals surface area contributed by atoms with Crippen LogP contribution in [0.1, 0.15) is 27.7 Å². The number of halogens is 3. The van der Waals surface area contributed by atoms with Crippen LogP contribution in [0.5, 0.6) is 5.75 Å². The molecule has 1 atom stereocenters. The Morgan fingerprint density at radius 2 is 2.06 bits per heavy atom. The number of nitrogen functional groups attached to an aromatic ring is 1. The van der Waals surface area contributed by atoms with Crippen LogP contribution in [-0.4, -0.2) is 38.1 Å². The van der Waals surface area contributed by atoms with Gasteiger partial charge in [-0.15, -0.1) is 11.6 Å². The molecule has 178 valence electrons. The van der Waals surface area contributed by atoms with Crippen molar-refractivity contribution in [1.29, 1.82) is 0 Å². The van der Waals surface area contributed by atoms with Gasteiger partial charge in [-0.3, -0.25) is 4.79 Å². The predicted molar refractivity (Wildman–Crippen MR) is 129 cm³/mol. The standard InChI is InChI=1S/C23H27Cl2FN4O3/c1-14(18(25)7-6-17(26)9-24)15(2)32-20-8-16(10-28-22(20)27)19-11-30(13-29-19)12-21(31)33-23(3,4)5/h6-8,10-11,13,15H,1,9,12H2,2-5H3,(H2,27,28)/b17-6+,18-7+. The third-order valence-electron chi connectivity index (χ3n) is 4.18. The van der Waals surface area contributed by atoms with E-state index in [4.69, 9.17) is 38.4 Å². The highest BCUT2D eigenvalue weighted by Gasteiger charge is 2.18. The first kappa shape index (κ1) is 26.4. The van der Waals surface area contributed by atoms with E-state index in [0.29, 0.717) is 22.6 Å². The summed E-state index contributed by atoms with van der Waals surface area (Å²) >= 11 is 11.6. The summed E-state index contributed by atoms with van der Waals surface area (Å²) in [6.45, 7) is 11.1. The Bertz CT molecular complexity index is 1070. The molecule has 0 bridgehead atoms. The van der Waals surface area contributed by atoms with Gasteiger partial charge in [0.2, 0.25) is 0 Å². The van der Waals surface area contributed by atoms with Crippen LogP contribution in [0.2, 0.25) is 0 Å². The number of pyridine rings is 1. The number of ether oxygens (including phenoxy) is 2. The molecule has 2 N–H and O–H groups in total. The van der Waals surface area contributed by atoms with E-state index in [1.807, 2.05) is 0 Å². The number of esters is 1. The molecule has 0 aromatic carbocycles. The summed E-state index contributed by atoms with van der Waals surface area (Å²) in [5.74, 6) is -0.677. The smallest absolute Gasteiger partial charge is 0.326 e. The lowest BCUT2D eigenvalue weighted by atomic mass is 10.1. The number of hydrogen-bond donors (Lipinski definition) is 1. The minimum atomic E-state index is -0.578. The Morgan fingerprint density at radius 1 is 1.36 bits per heavy atom. The zero-order chi connectivity index (χ0) is 24.8. The fraction of sp³-hybridized carbons (Fsp3) is 0.348. The number of aromatic nitrogens is 3. The molecule has 0 radical (unpaired) electrons. The maximum atomic E-state index is 13.2. The molecule has 0 aliphatic heterocycles. The molecule has 10 heteroatoms. The third-order valence-corrected chi connectivity index (χ3v) is 4.81. The van der Waals surface area contributed by atoms with E-state index < -0.39 is 17.5 Å². The lowest BCUT2D eigenvalue weighted by molar-refractivity contribution is -0.155. The number of anilines is 1. The molecule has 0 aliphatic carbocycles. The molecule has 2 rings (SSSR count). The fourth-order valence-corrected chi connectivity index (χ4v) is 2.88. The van der Waals surface area contributed by atoms with Crippen LogP contribution >= 0.6 is 23.2 Å². The van der Waals surface area contributed by atoms with Crippen LogP contribution in [0.15, 0.2) is 60.0 Å². The summed E-state index contributed by atoms with van der Waals surface area (Å²) < 4.78 is 26.0. The van der Waals surface area contributed by atoms with E-state index in [0.717, 1.165) is 6.08 Å². The number of alkyl halides is 1. The van der Waals surface area contributed by atoms with Crippen LogP contribution in [0, 0.1) is 0 Å². The van der Waals surface area contributed by atoms with Gasteiger partial charge in [0.05, 0.1) is 17.9 Å². The molecule has 0 spiro atoms. The van der Waals surface area contributed by atoms with Gasteiger partial charge in [-0.05, 0) is 45.9 Å². The predicted octanol–water partition coefficient (Wildman–Crippen LogP) is 5.41. The average molecular weight is 497 g/mol. The summed E-state index contributed by atoms with van der Waals surface area (Å²) in [4.78, 5) is 20.5. The van der Waals surface area contributed by atoms with Gasteiger partial charge in [0, 0.05) is 28.6 Å². The number of allylic oxidation sites excluding steroid dienone is 3. The topological polar surface area (TPSA) is 92.3 Å². The van der Waals surface area contributed by atoms with Gasteiger partial charge in [0.1, 0.15) is 24.1 Å². The van der Waals surface area contributed by atoms with Crippen LogP contribution in [0.25, 0.3) is 11.3 Å². The minimum Gasteiger partial charge on any atom is -0.482 e. The van der Waals surface area contributed by atoms with Crippen molar-refractivity contribution in [3.63, 3.8) is 0 Å². The molecule has 2 heterocycles. The minimum absolute atomic E-state index is 0.0243. The lowest BCUT2D eigenvalue weighted by Gasteiger charge is -2.19. The summed E-state index contributed by atoms with van der Waals surface area (Å²) in [5, 5.41) is 0.214. The molecule has 0 fully saturated rings. The monoisotopic (exact) mass is 496 g/mol. The zero-order valence-corrected chi connectivity index (χ0v) is 20.5. The van der Waals surface area contributed by atoms with Crippen LogP contribution < -0.4 is 10.5 Å². The van der Waals surface area contributed by atoms with E-state index in [2.05, 4.69) is 16.5 Å². The molecular formula is C23H27Cl2FN4O3. The molecule has 2 aromatic rings. The highest BCUT2D eigenvalue weighted by Crippen LogP contribution is 2.29. The van der Waals surface area contributed by atoms with E-state index in [1.54, 1.807) is 50.7 Å². The van der Waals surface area contributed by atoms with Crippen molar-refractivity contribution in [2.75, 3.05) is 11.6 Å². The summed E-state index contributed by atoms with van der Waals surface area (Å²) in [6.07, 6.45) is 6.72. The molecule has 0 aliphatic rings. The van der Waals surface area contributed by atoms with Gasteiger partial charge in [-0.1, -0.05) is 18.2 Å². The van der Waals surface area contributed by atoms with Crippen molar-refractivity contribution < 1.29 is 18.7 Å². The number of carbonyl (C=O) groups is 1. The number of imidazole rings is 1. The van der Waals surface area contributed by atoms with Crippen molar-refractivity contribution in [2.24, 2.45) is 0 Å². The Hall–Kier alpha value is -2.84. The second-order valence-corrected chi connectivity index (χ2v) is 8.85. The van der Waals surface area contributed by atoms with Crippen LogP contribution in [0.3, 0.4) is 0 Å². The zero-order valence-electron chi connectivity index (χ0n) is 18.9. The largest absolute Gasteiger partial charge is 0.482 e. The van der Waals surface area contributed by atoms with Crippen LogP contribution in [-0.2, 0) is 16.1 Å². The first-order valence-electron chi connectivity index (χ1n) is 10.0. The third kappa shape index (κ3) is 8.22. The molecule has 0 saturated heterocycles. The highest BCUT2D eigenvalue weighted by atomic mass is 35.5. The Kier molecular flexibility index (Phi) is 9.07. The number of carbonyl (C=O) groups excluding carboxylic acids is 1. The SMILES string of the molecule is C=C(/C(Cl)=C\C=C(\F)CCl)C(C)Oc1cc(-c2cn(CC(=O)OC(C)(C)C)cn2)cnc1N.